The van der Waals surface area contributed by atoms with Crippen LogP contribution in [0, 0.1) is 11.7 Å². The highest BCUT2D eigenvalue weighted by Crippen LogP contribution is 2.26. The van der Waals surface area contributed by atoms with Crippen LogP contribution in [0.1, 0.15) is 26.7 Å². The van der Waals surface area contributed by atoms with Crippen molar-refractivity contribution < 1.29 is 24.0 Å². The van der Waals surface area contributed by atoms with Crippen LogP contribution < -0.4 is 15.5 Å². The standard InChI is InChI=1S/C15H23BFN5O4/c1-9(2)5-12(16(25)26)21-13(23)7-19-15(24)11-3-4-22(11)14-10(17)6-18-8-20-14/h6,8-9,11-12,25-26H,3-5,7H2,1-2H3,(H,19,24)(H,21,23)/t11-,12-/m0/s1. The van der Waals surface area contributed by atoms with Crippen molar-refractivity contribution in [2.45, 2.75) is 38.7 Å². The van der Waals surface area contributed by atoms with Crippen molar-refractivity contribution in [3.8, 4) is 0 Å². The van der Waals surface area contributed by atoms with Gasteiger partial charge < -0.3 is 25.6 Å². The van der Waals surface area contributed by atoms with Gasteiger partial charge in [-0.3, -0.25) is 9.59 Å². The zero-order chi connectivity index (χ0) is 19.3. The van der Waals surface area contributed by atoms with Crippen LogP contribution in [-0.4, -0.2) is 64.0 Å². The molecule has 2 amide bonds. The molecule has 0 saturated carbocycles. The maximum Gasteiger partial charge on any atom is 0.475 e. The Kier molecular flexibility index (Phi) is 6.87. The fourth-order valence-corrected chi connectivity index (χ4v) is 2.74. The Labute approximate surface area is 151 Å². The first-order chi connectivity index (χ1) is 12.3. The molecule has 1 aromatic heterocycles. The van der Waals surface area contributed by atoms with Crippen LogP contribution in [0.3, 0.4) is 0 Å². The average Bonchev–Trinajstić information content (AvgIpc) is 2.53. The second kappa shape index (κ2) is 8.90. The number of amides is 2. The molecule has 0 aromatic carbocycles. The van der Waals surface area contributed by atoms with E-state index in [0.717, 1.165) is 6.20 Å². The maximum absolute atomic E-state index is 13.7. The second-order valence-corrected chi connectivity index (χ2v) is 6.63. The Morgan fingerprint density at radius 2 is 2.19 bits per heavy atom. The van der Waals surface area contributed by atoms with Crippen molar-refractivity contribution in [2.24, 2.45) is 5.92 Å². The van der Waals surface area contributed by atoms with E-state index in [0.29, 0.717) is 19.4 Å². The number of nitrogens with zero attached hydrogens (tertiary/aromatic N) is 3. The van der Waals surface area contributed by atoms with Gasteiger partial charge in [0, 0.05) is 6.54 Å². The van der Waals surface area contributed by atoms with E-state index in [1.165, 1.54) is 11.2 Å². The van der Waals surface area contributed by atoms with Crippen LogP contribution >= 0.6 is 0 Å². The predicted octanol–water partition coefficient (Wildman–Crippen LogP) is -1.15. The first-order valence-corrected chi connectivity index (χ1v) is 8.45. The van der Waals surface area contributed by atoms with E-state index in [1.807, 2.05) is 13.8 Å². The van der Waals surface area contributed by atoms with E-state index in [-0.39, 0.29) is 18.3 Å². The van der Waals surface area contributed by atoms with Gasteiger partial charge in [0.2, 0.25) is 11.8 Å². The van der Waals surface area contributed by atoms with E-state index < -0.39 is 36.7 Å². The van der Waals surface area contributed by atoms with E-state index in [4.69, 9.17) is 0 Å². The number of halogens is 1. The molecular formula is C15H23BFN5O4. The molecule has 1 aliphatic rings. The average molecular weight is 367 g/mol. The molecule has 0 spiro atoms. The van der Waals surface area contributed by atoms with Crippen molar-refractivity contribution in [3.05, 3.63) is 18.3 Å². The van der Waals surface area contributed by atoms with Gasteiger partial charge in [0.1, 0.15) is 12.4 Å². The van der Waals surface area contributed by atoms with Crippen molar-refractivity contribution in [3.63, 3.8) is 0 Å². The van der Waals surface area contributed by atoms with Crippen molar-refractivity contribution in [2.75, 3.05) is 18.0 Å². The SMILES string of the molecule is CC(C)C[C@H](NC(=O)CNC(=O)[C@@H]1CCN1c1ncncc1F)B(O)O. The van der Waals surface area contributed by atoms with Gasteiger partial charge in [-0.15, -0.1) is 0 Å². The molecule has 142 valence electrons. The lowest BCUT2D eigenvalue weighted by molar-refractivity contribution is -0.127. The molecule has 9 nitrogen and oxygen atoms in total. The van der Waals surface area contributed by atoms with Crippen LogP contribution in [0.2, 0.25) is 0 Å². The van der Waals surface area contributed by atoms with Gasteiger partial charge in [-0.2, -0.15) is 0 Å². The maximum atomic E-state index is 13.7. The fraction of sp³-hybridized carbons (Fsp3) is 0.600. The molecule has 1 fully saturated rings. The molecule has 11 heteroatoms. The number of carbonyl (C=O) groups is 2. The van der Waals surface area contributed by atoms with Gasteiger partial charge in [-0.05, 0) is 18.8 Å². The molecule has 1 aromatic rings. The third-order valence-corrected chi connectivity index (χ3v) is 4.10. The Balaban J connectivity index is 1.84. The highest BCUT2D eigenvalue weighted by Gasteiger charge is 2.36. The summed E-state index contributed by atoms with van der Waals surface area (Å²) in [6, 6.07) is -0.609. The molecule has 4 N–H and O–H groups in total. The second-order valence-electron chi connectivity index (χ2n) is 6.63. The lowest BCUT2D eigenvalue weighted by Gasteiger charge is -2.40. The first-order valence-electron chi connectivity index (χ1n) is 8.45. The van der Waals surface area contributed by atoms with Gasteiger partial charge in [-0.25, -0.2) is 14.4 Å². The zero-order valence-electron chi connectivity index (χ0n) is 14.7. The molecule has 0 bridgehead atoms. The minimum Gasteiger partial charge on any atom is -0.426 e. The van der Waals surface area contributed by atoms with Gasteiger partial charge in [0.05, 0.1) is 18.7 Å². The third kappa shape index (κ3) is 5.12. The lowest BCUT2D eigenvalue weighted by Crippen LogP contribution is -2.58. The minimum absolute atomic E-state index is 0.0521. The van der Waals surface area contributed by atoms with Crippen LogP contribution in [0.5, 0.6) is 0 Å². The van der Waals surface area contributed by atoms with E-state index in [1.54, 1.807) is 0 Å². The van der Waals surface area contributed by atoms with Crippen molar-refractivity contribution in [1.29, 1.82) is 0 Å². The molecule has 0 radical (unpaired) electrons. The lowest BCUT2D eigenvalue weighted by atomic mass is 9.75. The Morgan fingerprint density at radius 1 is 1.46 bits per heavy atom. The highest BCUT2D eigenvalue weighted by atomic mass is 19.1. The molecule has 1 aliphatic heterocycles. The highest BCUT2D eigenvalue weighted by molar-refractivity contribution is 6.43. The van der Waals surface area contributed by atoms with Crippen molar-refractivity contribution in [1.82, 2.24) is 20.6 Å². The summed E-state index contributed by atoms with van der Waals surface area (Å²) in [4.78, 5) is 33.1. The molecule has 1 saturated heterocycles. The van der Waals surface area contributed by atoms with E-state index >= 15 is 0 Å². The molecule has 2 rings (SSSR count). The smallest absolute Gasteiger partial charge is 0.426 e. The first kappa shape index (κ1) is 20.1. The van der Waals surface area contributed by atoms with Crippen LogP contribution in [0.4, 0.5) is 10.2 Å². The summed E-state index contributed by atoms with van der Waals surface area (Å²) in [5.41, 5.74) is 0. The van der Waals surface area contributed by atoms with Gasteiger partial charge >= 0.3 is 7.12 Å². The molecule has 0 aliphatic carbocycles. The zero-order valence-corrected chi connectivity index (χ0v) is 14.7. The van der Waals surface area contributed by atoms with Crippen molar-refractivity contribution >= 4 is 24.8 Å². The van der Waals surface area contributed by atoms with Gasteiger partial charge in [0.25, 0.3) is 0 Å². The Bertz CT molecular complexity index is 648. The molecular weight excluding hydrogens is 344 g/mol. The number of hydrogen-bond donors (Lipinski definition) is 4. The van der Waals surface area contributed by atoms with Gasteiger partial charge in [-0.1, -0.05) is 13.8 Å². The number of aromatic nitrogens is 2. The summed E-state index contributed by atoms with van der Waals surface area (Å²) in [5.74, 6) is -2.17. The summed E-state index contributed by atoms with van der Waals surface area (Å²) in [6.07, 6.45) is 3.13. The monoisotopic (exact) mass is 367 g/mol. The Morgan fingerprint density at radius 3 is 2.73 bits per heavy atom. The summed E-state index contributed by atoms with van der Waals surface area (Å²) in [5, 5.41) is 23.6. The van der Waals surface area contributed by atoms with Crippen LogP contribution in [0.15, 0.2) is 12.5 Å². The molecule has 2 heterocycles. The number of hydrogen-bond acceptors (Lipinski definition) is 7. The number of carbonyl (C=O) groups excluding carboxylic acids is 2. The Hall–Kier alpha value is -2.27. The molecule has 0 unspecified atom stereocenters. The normalized spacial score (nSPS) is 17.5. The van der Waals surface area contributed by atoms with E-state index in [9.17, 15) is 24.0 Å². The largest absolute Gasteiger partial charge is 0.475 e. The number of anilines is 1. The fourth-order valence-electron chi connectivity index (χ4n) is 2.74. The molecule has 26 heavy (non-hydrogen) atoms. The van der Waals surface area contributed by atoms with E-state index in [2.05, 4.69) is 20.6 Å². The summed E-state index contributed by atoms with van der Waals surface area (Å²) in [6.45, 7) is 3.95. The van der Waals surface area contributed by atoms with Crippen LogP contribution in [-0.2, 0) is 9.59 Å². The van der Waals surface area contributed by atoms with Crippen LogP contribution in [0.25, 0.3) is 0 Å². The predicted molar refractivity (Wildman–Crippen MR) is 92.3 cm³/mol. The summed E-state index contributed by atoms with van der Waals surface area (Å²) < 4.78 is 13.7. The third-order valence-electron chi connectivity index (χ3n) is 4.10. The quantitative estimate of drug-likeness (QED) is 0.428. The summed E-state index contributed by atoms with van der Waals surface area (Å²) in [7, 11) is -1.68. The van der Waals surface area contributed by atoms with Gasteiger partial charge in [0.15, 0.2) is 11.6 Å². The number of nitrogens with one attached hydrogen (secondary N) is 2. The summed E-state index contributed by atoms with van der Waals surface area (Å²) >= 11 is 0. The number of rotatable bonds is 8. The minimum atomic E-state index is -1.68. The molecule has 2 atom stereocenters. The topological polar surface area (TPSA) is 128 Å².